The number of anilines is 1. The lowest BCUT2D eigenvalue weighted by molar-refractivity contribution is -0.115. The van der Waals surface area contributed by atoms with Gasteiger partial charge >= 0.3 is 0 Å². The number of ether oxygens (including phenoxy) is 1. The predicted octanol–water partition coefficient (Wildman–Crippen LogP) is 5.29. The highest BCUT2D eigenvalue weighted by atomic mass is 32.2. The minimum Gasteiger partial charge on any atom is -0.383 e. The summed E-state index contributed by atoms with van der Waals surface area (Å²) in [6.07, 6.45) is 0. The van der Waals surface area contributed by atoms with Crippen molar-refractivity contribution in [3.63, 3.8) is 0 Å². The predicted molar refractivity (Wildman–Crippen MR) is 122 cm³/mol. The number of hydrogen-bond acceptors (Lipinski definition) is 4. The number of amides is 1. The van der Waals surface area contributed by atoms with Crippen LogP contribution in [0.4, 0.5) is 10.1 Å². The molecule has 1 unspecified atom stereocenters. The topological polar surface area (TPSA) is 56.1 Å². The third kappa shape index (κ3) is 4.95. The quantitative estimate of drug-likeness (QED) is 0.382. The van der Waals surface area contributed by atoms with Crippen molar-refractivity contribution in [3.8, 4) is 0 Å². The largest absolute Gasteiger partial charge is 0.383 e. The normalized spacial score (nSPS) is 12.1. The van der Waals surface area contributed by atoms with Gasteiger partial charge in [-0.25, -0.2) is 9.37 Å². The summed E-state index contributed by atoms with van der Waals surface area (Å²) in [6.45, 7) is 1.16. The molecule has 0 aliphatic heterocycles. The Labute approximate surface area is 184 Å². The lowest BCUT2D eigenvalue weighted by atomic mass is 10.1. The van der Waals surface area contributed by atoms with Crippen LogP contribution in [0, 0.1) is 5.82 Å². The molecule has 3 aromatic carbocycles. The second-order valence-corrected chi connectivity index (χ2v) is 8.00. The Bertz CT molecular complexity index is 1160. The van der Waals surface area contributed by atoms with Gasteiger partial charge in [0.1, 0.15) is 11.1 Å². The van der Waals surface area contributed by atoms with E-state index in [0.29, 0.717) is 18.8 Å². The SMILES string of the molecule is COCCn1c(SC(C(=O)Nc2ccc(F)cc2)c2ccccc2)nc2ccccc21. The van der Waals surface area contributed by atoms with Crippen molar-refractivity contribution in [2.45, 2.75) is 17.0 Å². The lowest BCUT2D eigenvalue weighted by Gasteiger charge is -2.17. The number of benzene rings is 3. The van der Waals surface area contributed by atoms with Crippen LogP contribution < -0.4 is 5.32 Å². The maximum absolute atomic E-state index is 13.3. The van der Waals surface area contributed by atoms with Crippen molar-refractivity contribution in [1.82, 2.24) is 9.55 Å². The van der Waals surface area contributed by atoms with Gasteiger partial charge in [-0.05, 0) is 42.0 Å². The monoisotopic (exact) mass is 435 g/mol. The zero-order chi connectivity index (χ0) is 21.6. The number of hydrogen-bond donors (Lipinski definition) is 1. The van der Waals surface area contributed by atoms with E-state index in [1.165, 1.54) is 23.9 Å². The van der Waals surface area contributed by atoms with E-state index in [0.717, 1.165) is 21.8 Å². The average molecular weight is 436 g/mol. The number of nitrogens with zero attached hydrogens (tertiary/aromatic N) is 2. The average Bonchev–Trinajstić information content (AvgIpc) is 3.15. The van der Waals surface area contributed by atoms with Gasteiger partial charge < -0.3 is 14.6 Å². The van der Waals surface area contributed by atoms with E-state index >= 15 is 0 Å². The zero-order valence-electron chi connectivity index (χ0n) is 17.0. The van der Waals surface area contributed by atoms with E-state index in [9.17, 15) is 9.18 Å². The maximum atomic E-state index is 13.3. The highest BCUT2D eigenvalue weighted by Crippen LogP contribution is 2.37. The van der Waals surface area contributed by atoms with Crippen LogP contribution >= 0.6 is 11.8 Å². The highest BCUT2D eigenvalue weighted by molar-refractivity contribution is 8.00. The number of nitrogens with one attached hydrogen (secondary N) is 1. The molecule has 4 rings (SSSR count). The van der Waals surface area contributed by atoms with E-state index in [-0.39, 0.29) is 11.7 Å². The number of carbonyl (C=O) groups excluding carboxylic acids is 1. The molecule has 1 heterocycles. The molecular formula is C24H22FN3O2S. The molecule has 7 heteroatoms. The van der Waals surface area contributed by atoms with Gasteiger partial charge in [0.2, 0.25) is 5.91 Å². The minimum atomic E-state index is -0.538. The molecule has 0 saturated heterocycles. The zero-order valence-corrected chi connectivity index (χ0v) is 17.8. The molecule has 0 spiro atoms. The van der Waals surface area contributed by atoms with Crippen molar-refractivity contribution >= 4 is 34.4 Å². The number of rotatable bonds is 8. The Balaban J connectivity index is 1.68. The summed E-state index contributed by atoms with van der Waals surface area (Å²) in [4.78, 5) is 18.0. The number of para-hydroxylation sites is 2. The Morgan fingerprint density at radius 2 is 1.77 bits per heavy atom. The van der Waals surface area contributed by atoms with Gasteiger partial charge in [-0.3, -0.25) is 4.79 Å². The Morgan fingerprint density at radius 1 is 1.06 bits per heavy atom. The van der Waals surface area contributed by atoms with Crippen molar-refractivity contribution in [2.75, 3.05) is 19.0 Å². The summed E-state index contributed by atoms with van der Waals surface area (Å²) < 4.78 is 20.6. The van der Waals surface area contributed by atoms with E-state index in [1.54, 1.807) is 19.2 Å². The first-order valence-corrected chi connectivity index (χ1v) is 10.8. The first-order valence-electron chi connectivity index (χ1n) is 9.88. The third-order valence-electron chi connectivity index (χ3n) is 4.81. The van der Waals surface area contributed by atoms with Crippen molar-refractivity contribution < 1.29 is 13.9 Å². The second kappa shape index (κ2) is 9.76. The second-order valence-electron chi connectivity index (χ2n) is 6.93. The number of carbonyl (C=O) groups is 1. The van der Waals surface area contributed by atoms with Gasteiger partial charge in [0.15, 0.2) is 5.16 Å². The molecule has 0 aliphatic rings. The Kier molecular flexibility index (Phi) is 6.64. The van der Waals surface area contributed by atoms with Gasteiger partial charge in [-0.2, -0.15) is 0 Å². The summed E-state index contributed by atoms with van der Waals surface area (Å²) in [5.41, 5.74) is 3.26. The first kappa shape index (κ1) is 21.1. The van der Waals surface area contributed by atoms with Crippen molar-refractivity contribution in [3.05, 3.63) is 90.2 Å². The Morgan fingerprint density at radius 3 is 2.52 bits per heavy atom. The fourth-order valence-electron chi connectivity index (χ4n) is 3.29. The summed E-state index contributed by atoms with van der Waals surface area (Å²) in [7, 11) is 1.66. The standard InChI is InChI=1S/C24H22FN3O2S/c1-30-16-15-28-21-10-6-5-9-20(21)27-24(28)31-22(17-7-3-2-4-8-17)23(29)26-19-13-11-18(25)12-14-19/h2-14,22H,15-16H2,1H3,(H,26,29). The van der Waals surface area contributed by atoms with E-state index in [2.05, 4.69) is 9.88 Å². The summed E-state index contributed by atoms with van der Waals surface area (Å²) in [6, 6.07) is 23.2. The molecule has 5 nitrogen and oxygen atoms in total. The molecule has 0 radical (unpaired) electrons. The van der Waals surface area contributed by atoms with Gasteiger partial charge in [0, 0.05) is 19.3 Å². The summed E-state index contributed by atoms with van der Waals surface area (Å²) in [5.74, 6) is -0.549. The molecule has 1 N–H and O–H groups in total. The number of halogens is 1. The van der Waals surface area contributed by atoms with Crippen LogP contribution in [-0.4, -0.2) is 29.2 Å². The molecule has 0 bridgehead atoms. The van der Waals surface area contributed by atoms with Crippen LogP contribution in [0.2, 0.25) is 0 Å². The van der Waals surface area contributed by atoms with Crippen LogP contribution in [0.25, 0.3) is 11.0 Å². The lowest BCUT2D eigenvalue weighted by Crippen LogP contribution is -2.19. The first-order chi connectivity index (χ1) is 15.2. The summed E-state index contributed by atoms with van der Waals surface area (Å²) in [5, 5.41) is 3.10. The van der Waals surface area contributed by atoms with Crippen LogP contribution in [0.5, 0.6) is 0 Å². The van der Waals surface area contributed by atoms with E-state index < -0.39 is 5.25 Å². The molecule has 1 amide bonds. The van der Waals surface area contributed by atoms with Gasteiger partial charge in [-0.1, -0.05) is 54.2 Å². The van der Waals surface area contributed by atoms with E-state index in [4.69, 9.17) is 9.72 Å². The number of imidazole rings is 1. The molecule has 0 aliphatic carbocycles. The van der Waals surface area contributed by atoms with Gasteiger partial charge in [0.05, 0.1) is 17.6 Å². The van der Waals surface area contributed by atoms with Crippen LogP contribution in [0.15, 0.2) is 84.0 Å². The molecule has 1 aromatic heterocycles. The number of thioether (sulfide) groups is 1. The van der Waals surface area contributed by atoms with Crippen LogP contribution in [0.1, 0.15) is 10.8 Å². The van der Waals surface area contributed by atoms with E-state index in [1.807, 2.05) is 54.6 Å². The molecule has 4 aromatic rings. The third-order valence-corrected chi connectivity index (χ3v) is 6.06. The molecule has 0 fully saturated rings. The fourth-order valence-corrected chi connectivity index (χ4v) is 4.43. The fraction of sp³-hybridized carbons (Fsp3) is 0.167. The number of methoxy groups -OCH3 is 1. The smallest absolute Gasteiger partial charge is 0.242 e. The molecule has 1 atom stereocenters. The molecular weight excluding hydrogens is 413 g/mol. The van der Waals surface area contributed by atoms with Crippen molar-refractivity contribution in [1.29, 1.82) is 0 Å². The minimum absolute atomic E-state index is 0.201. The highest BCUT2D eigenvalue weighted by Gasteiger charge is 2.25. The Hall–Kier alpha value is -3.16. The van der Waals surface area contributed by atoms with Gasteiger partial charge in [0.25, 0.3) is 0 Å². The molecule has 0 saturated carbocycles. The van der Waals surface area contributed by atoms with Crippen LogP contribution in [-0.2, 0) is 16.1 Å². The van der Waals surface area contributed by atoms with Gasteiger partial charge in [-0.15, -0.1) is 0 Å². The van der Waals surface area contributed by atoms with Crippen LogP contribution in [0.3, 0.4) is 0 Å². The summed E-state index contributed by atoms with van der Waals surface area (Å²) >= 11 is 1.39. The molecule has 158 valence electrons. The molecule has 31 heavy (non-hydrogen) atoms. The maximum Gasteiger partial charge on any atom is 0.242 e. The van der Waals surface area contributed by atoms with Crippen molar-refractivity contribution in [2.24, 2.45) is 0 Å². The number of fused-ring (bicyclic) bond motifs is 1. The number of aromatic nitrogens is 2.